The number of nitrogens with zero attached hydrogens (tertiary/aromatic N) is 3. The van der Waals surface area contributed by atoms with Crippen LogP contribution in [0, 0.1) is 0 Å². The number of para-hydroxylation sites is 1. The molecule has 1 aromatic heterocycles. The number of aliphatic hydroxyl groups is 1. The van der Waals surface area contributed by atoms with E-state index in [1.807, 2.05) is 77.5 Å². The number of benzene rings is 3. The van der Waals surface area contributed by atoms with Gasteiger partial charge in [0.25, 0.3) is 0 Å². The van der Waals surface area contributed by atoms with E-state index in [0.717, 1.165) is 29.9 Å². The van der Waals surface area contributed by atoms with Gasteiger partial charge in [0.15, 0.2) is 5.82 Å². The Balaban J connectivity index is 1.35. The zero-order valence-electron chi connectivity index (χ0n) is 20.4. The average molecular weight is 534 g/mol. The molecule has 0 amide bonds. The second-order valence-electron chi connectivity index (χ2n) is 9.57. The number of rotatable bonds is 8. The number of likely N-dealkylation sites (tertiary alicyclic amines) is 1. The van der Waals surface area contributed by atoms with Gasteiger partial charge in [-0.3, -0.25) is 9.36 Å². The Morgan fingerprint density at radius 3 is 2.30 bits per heavy atom. The van der Waals surface area contributed by atoms with Crippen LogP contribution in [0.5, 0.6) is 0 Å². The molecule has 1 saturated heterocycles. The molecule has 5 nitrogen and oxygen atoms in total. The van der Waals surface area contributed by atoms with E-state index in [1.54, 1.807) is 18.3 Å². The third kappa shape index (κ3) is 5.65. The summed E-state index contributed by atoms with van der Waals surface area (Å²) in [4.78, 5) is 20.7. The number of carbonyl (C=O) groups is 1. The Hall–Kier alpha value is -2.96. The first-order valence-electron chi connectivity index (χ1n) is 12.5. The highest BCUT2D eigenvalue weighted by molar-refractivity contribution is 6.42. The van der Waals surface area contributed by atoms with Gasteiger partial charge in [0, 0.05) is 31.2 Å². The zero-order chi connectivity index (χ0) is 25.8. The molecule has 1 atom stereocenters. The van der Waals surface area contributed by atoms with Gasteiger partial charge in [-0.1, -0.05) is 77.8 Å². The molecule has 0 saturated carbocycles. The van der Waals surface area contributed by atoms with E-state index in [1.165, 1.54) is 0 Å². The summed E-state index contributed by atoms with van der Waals surface area (Å²) >= 11 is 12.5. The quantitative estimate of drug-likeness (QED) is 0.262. The van der Waals surface area contributed by atoms with Crippen molar-refractivity contribution in [3.63, 3.8) is 0 Å². The standard InChI is InChI=1S/C30H29Cl2N3O2/c31-26-12-11-22(21-27(26)32)25(28(36)29-33-16-20-35(29)24-9-5-2-6-10-24)13-17-34-18-14-30(37,15-19-34)23-7-3-1-4-8-23/h1-12,16,20-21,25,37H,13-15,17-19H2. The van der Waals surface area contributed by atoms with Crippen LogP contribution in [0.15, 0.2) is 91.3 Å². The lowest BCUT2D eigenvalue weighted by Crippen LogP contribution is -2.43. The molecular formula is C30H29Cl2N3O2. The Bertz CT molecular complexity index is 1350. The molecule has 1 fully saturated rings. The second-order valence-corrected chi connectivity index (χ2v) is 10.4. The molecule has 1 aliphatic heterocycles. The minimum atomic E-state index is -0.808. The lowest BCUT2D eigenvalue weighted by Gasteiger charge is -2.39. The molecule has 0 aliphatic carbocycles. The summed E-state index contributed by atoms with van der Waals surface area (Å²) in [5, 5.41) is 12.1. The highest BCUT2D eigenvalue weighted by Gasteiger charge is 2.34. The fourth-order valence-electron chi connectivity index (χ4n) is 5.11. The van der Waals surface area contributed by atoms with Crippen LogP contribution < -0.4 is 0 Å². The van der Waals surface area contributed by atoms with E-state index >= 15 is 0 Å². The van der Waals surface area contributed by atoms with Gasteiger partial charge < -0.3 is 10.0 Å². The van der Waals surface area contributed by atoms with Crippen molar-refractivity contribution >= 4 is 29.0 Å². The molecule has 4 aromatic rings. The van der Waals surface area contributed by atoms with E-state index in [2.05, 4.69) is 9.88 Å². The SMILES string of the molecule is O=C(c1nccn1-c1ccccc1)C(CCN1CCC(O)(c2ccccc2)CC1)c1ccc(Cl)c(Cl)c1. The van der Waals surface area contributed by atoms with Gasteiger partial charge >= 0.3 is 0 Å². The van der Waals surface area contributed by atoms with Crippen LogP contribution in [-0.4, -0.2) is 45.0 Å². The van der Waals surface area contributed by atoms with Crippen molar-refractivity contribution in [2.75, 3.05) is 19.6 Å². The predicted octanol–water partition coefficient (Wildman–Crippen LogP) is 6.52. The molecule has 1 unspecified atom stereocenters. The predicted molar refractivity (Wildman–Crippen MR) is 148 cm³/mol. The zero-order valence-corrected chi connectivity index (χ0v) is 21.9. The van der Waals surface area contributed by atoms with Crippen LogP contribution >= 0.6 is 23.2 Å². The Kier molecular flexibility index (Phi) is 7.77. The van der Waals surface area contributed by atoms with E-state index in [4.69, 9.17) is 23.2 Å². The molecule has 37 heavy (non-hydrogen) atoms. The molecule has 3 aromatic carbocycles. The van der Waals surface area contributed by atoms with Crippen LogP contribution in [0.4, 0.5) is 0 Å². The van der Waals surface area contributed by atoms with Gasteiger partial charge in [-0.15, -0.1) is 0 Å². The number of carbonyl (C=O) groups excluding carboxylic acids is 1. The molecule has 190 valence electrons. The Morgan fingerprint density at radius 2 is 1.62 bits per heavy atom. The molecule has 0 radical (unpaired) electrons. The van der Waals surface area contributed by atoms with Crippen molar-refractivity contribution in [1.82, 2.24) is 14.5 Å². The summed E-state index contributed by atoms with van der Waals surface area (Å²) in [7, 11) is 0. The van der Waals surface area contributed by atoms with Crippen LogP contribution in [0.3, 0.4) is 0 Å². The maximum atomic E-state index is 13.9. The van der Waals surface area contributed by atoms with Crippen LogP contribution in [0.1, 0.15) is 46.9 Å². The van der Waals surface area contributed by atoms with Crippen molar-refractivity contribution in [3.8, 4) is 5.69 Å². The monoisotopic (exact) mass is 533 g/mol. The minimum Gasteiger partial charge on any atom is -0.385 e. The first-order chi connectivity index (χ1) is 17.9. The van der Waals surface area contributed by atoms with Crippen molar-refractivity contribution < 1.29 is 9.90 Å². The number of hydrogen-bond donors (Lipinski definition) is 1. The van der Waals surface area contributed by atoms with Crippen molar-refractivity contribution in [1.29, 1.82) is 0 Å². The average Bonchev–Trinajstić information content (AvgIpc) is 3.43. The van der Waals surface area contributed by atoms with Gasteiger partial charge in [-0.2, -0.15) is 0 Å². The van der Waals surface area contributed by atoms with Gasteiger partial charge in [-0.05, 0) is 61.2 Å². The van der Waals surface area contributed by atoms with Crippen molar-refractivity contribution in [3.05, 3.63) is 118 Å². The largest absolute Gasteiger partial charge is 0.385 e. The summed E-state index contributed by atoms with van der Waals surface area (Å²) in [6.07, 6.45) is 5.37. The van der Waals surface area contributed by atoms with E-state index in [9.17, 15) is 9.90 Å². The molecule has 7 heteroatoms. The number of aromatic nitrogens is 2. The molecule has 1 N–H and O–H groups in total. The van der Waals surface area contributed by atoms with Crippen LogP contribution in [-0.2, 0) is 5.60 Å². The van der Waals surface area contributed by atoms with E-state index in [0.29, 0.717) is 41.7 Å². The minimum absolute atomic E-state index is 0.0648. The first kappa shape index (κ1) is 25.7. The van der Waals surface area contributed by atoms with Gasteiger partial charge in [-0.25, -0.2) is 4.98 Å². The molecule has 2 heterocycles. The van der Waals surface area contributed by atoms with Crippen molar-refractivity contribution in [2.45, 2.75) is 30.8 Å². The number of hydrogen-bond acceptors (Lipinski definition) is 4. The number of ketones is 1. The fraction of sp³-hybridized carbons (Fsp3) is 0.267. The number of piperidine rings is 1. The van der Waals surface area contributed by atoms with Crippen molar-refractivity contribution in [2.24, 2.45) is 0 Å². The summed E-state index contributed by atoms with van der Waals surface area (Å²) < 4.78 is 1.83. The highest BCUT2D eigenvalue weighted by Crippen LogP contribution is 2.34. The maximum Gasteiger partial charge on any atom is 0.206 e. The van der Waals surface area contributed by atoms with Crippen LogP contribution in [0.25, 0.3) is 5.69 Å². The number of imidazole rings is 1. The highest BCUT2D eigenvalue weighted by atomic mass is 35.5. The molecular weight excluding hydrogens is 505 g/mol. The van der Waals surface area contributed by atoms with Gasteiger partial charge in [0.05, 0.1) is 21.6 Å². The second kappa shape index (κ2) is 11.2. The summed E-state index contributed by atoms with van der Waals surface area (Å²) in [5.74, 6) is -0.112. The summed E-state index contributed by atoms with van der Waals surface area (Å²) in [6.45, 7) is 2.23. The van der Waals surface area contributed by atoms with Gasteiger partial charge in [0.1, 0.15) is 0 Å². The summed E-state index contributed by atoms with van der Waals surface area (Å²) in [5.41, 5.74) is 1.86. The summed E-state index contributed by atoms with van der Waals surface area (Å²) in [6, 6.07) is 25.0. The Labute approximate surface area is 227 Å². The maximum absolute atomic E-state index is 13.9. The van der Waals surface area contributed by atoms with E-state index in [-0.39, 0.29) is 5.78 Å². The van der Waals surface area contributed by atoms with E-state index < -0.39 is 11.5 Å². The third-order valence-corrected chi connectivity index (χ3v) is 8.03. The first-order valence-corrected chi connectivity index (χ1v) is 13.3. The smallest absolute Gasteiger partial charge is 0.206 e. The number of Topliss-reactive ketones (excluding diaryl/α,β-unsaturated/α-hetero) is 1. The lowest BCUT2D eigenvalue weighted by molar-refractivity contribution is -0.0262. The molecule has 1 aliphatic rings. The lowest BCUT2D eigenvalue weighted by atomic mass is 9.84. The van der Waals surface area contributed by atoms with Gasteiger partial charge in [0.2, 0.25) is 5.78 Å². The Morgan fingerprint density at radius 1 is 0.946 bits per heavy atom. The molecule has 5 rings (SSSR count). The number of halogens is 2. The third-order valence-electron chi connectivity index (χ3n) is 7.29. The molecule has 0 spiro atoms. The normalized spacial score (nSPS) is 16.4. The molecule has 0 bridgehead atoms. The topological polar surface area (TPSA) is 58.4 Å². The van der Waals surface area contributed by atoms with Crippen LogP contribution in [0.2, 0.25) is 10.0 Å². The fourth-order valence-corrected chi connectivity index (χ4v) is 5.42.